The van der Waals surface area contributed by atoms with E-state index in [1.54, 1.807) is 17.3 Å². The number of carbonyl (C=O) groups is 1. The van der Waals surface area contributed by atoms with Crippen LogP contribution in [0.2, 0.25) is 0 Å². The number of aliphatic hydroxyl groups excluding tert-OH is 1. The van der Waals surface area contributed by atoms with Crippen molar-refractivity contribution in [1.29, 1.82) is 0 Å². The number of aromatic nitrogens is 3. The minimum Gasteiger partial charge on any atom is -0.473 e. The fourth-order valence-electron chi connectivity index (χ4n) is 3.55. The second-order valence-corrected chi connectivity index (χ2v) is 7.82. The van der Waals surface area contributed by atoms with Crippen LogP contribution in [-0.4, -0.2) is 69.9 Å². The van der Waals surface area contributed by atoms with Crippen molar-refractivity contribution in [3.63, 3.8) is 0 Å². The van der Waals surface area contributed by atoms with Gasteiger partial charge in [-0.1, -0.05) is 38.1 Å². The van der Waals surface area contributed by atoms with Crippen LogP contribution in [-0.2, 0) is 9.53 Å². The van der Waals surface area contributed by atoms with E-state index in [2.05, 4.69) is 35.9 Å². The summed E-state index contributed by atoms with van der Waals surface area (Å²) in [4.78, 5) is 26.9. The Morgan fingerprint density at radius 3 is 2.77 bits per heavy atom. The highest BCUT2D eigenvalue weighted by atomic mass is 16.5. The van der Waals surface area contributed by atoms with E-state index >= 15 is 0 Å². The number of carbonyl (C=O) groups excluding carboxylic acids is 1. The van der Waals surface area contributed by atoms with Crippen LogP contribution in [0.1, 0.15) is 25.3 Å². The van der Waals surface area contributed by atoms with Gasteiger partial charge >= 0.3 is 0 Å². The molecule has 2 aromatic heterocycles. The highest BCUT2D eigenvalue weighted by Crippen LogP contribution is 2.28. The molecule has 1 aliphatic rings. The van der Waals surface area contributed by atoms with Gasteiger partial charge in [-0.3, -0.25) is 9.78 Å². The molecule has 0 bridgehead atoms. The number of amides is 1. The van der Waals surface area contributed by atoms with Gasteiger partial charge in [-0.2, -0.15) is 0 Å². The third-order valence-electron chi connectivity index (χ3n) is 5.33. The Labute approximate surface area is 180 Å². The van der Waals surface area contributed by atoms with Crippen LogP contribution in [0.4, 0.5) is 0 Å². The van der Waals surface area contributed by atoms with Gasteiger partial charge in [-0.25, -0.2) is 9.97 Å². The van der Waals surface area contributed by atoms with Gasteiger partial charge in [-0.05, 0) is 17.5 Å². The van der Waals surface area contributed by atoms with Crippen molar-refractivity contribution >= 4 is 16.9 Å². The standard InChI is InChI=1S/C23H26N4O4/c1-15(2)16-3-5-17(6-4-16)19-11-20-22(25-8-7-24-20)23(26-19)31-14-18-12-27(9-10-30-18)21(29)13-28/h3-8,11,15,18,28H,9-10,12-14H2,1-2H3/t18-/m0/s1. The third kappa shape index (κ3) is 4.81. The predicted molar refractivity (Wildman–Crippen MR) is 116 cm³/mol. The van der Waals surface area contributed by atoms with Gasteiger partial charge in [-0.15, -0.1) is 0 Å². The quantitative estimate of drug-likeness (QED) is 0.651. The number of pyridine rings is 1. The molecule has 1 atom stereocenters. The molecule has 4 rings (SSSR count). The van der Waals surface area contributed by atoms with E-state index in [1.165, 1.54) is 5.56 Å². The number of morpholine rings is 1. The lowest BCUT2D eigenvalue weighted by Gasteiger charge is -2.32. The van der Waals surface area contributed by atoms with E-state index < -0.39 is 6.61 Å². The fraction of sp³-hybridized carbons (Fsp3) is 0.391. The normalized spacial score (nSPS) is 16.6. The first-order valence-electron chi connectivity index (χ1n) is 10.4. The molecular weight excluding hydrogens is 396 g/mol. The molecule has 0 radical (unpaired) electrons. The molecule has 1 amide bonds. The number of hydrogen-bond donors (Lipinski definition) is 1. The first kappa shape index (κ1) is 21.1. The maximum atomic E-state index is 11.8. The van der Waals surface area contributed by atoms with Crippen LogP contribution in [0.3, 0.4) is 0 Å². The largest absolute Gasteiger partial charge is 0.473 e. The van der Waals surface area contributed by atoms with Crippen molar-refractivity contribution in [3.05, 3.63) is 48.3 Å². The highest BCUT2D eigenvalue weighted by Gasteiger charge is 2.25. The molecule has 3 aromatic rings. The summed E-state index contributed by atoms with van der Waals surface area (Å²) in [6.45, 7) is 5.25. The molecule has 3 heterocycles. The van der Waals surface area contributed by atoms with Crippen LogP contribution in [0.15, 0.2) is 42.7 Å². The molecule has 8 heteroatoms. The third-order valence-corrected chi connectivity index (χ3v) is 5.33. The monoisotopic (exact) mass is 422 g/mol. The molecule has 162 valence electrons. The van der Waals surface area contributed by atoms with E-state index in [1.807, 2.05) is 18.2 Å². The van der Waals surface area contributed by atoms with Gasteiger partial charge < -0.3 is 19.5 Å². The molecule has 31 heavy (non-hydrogen) atoms. The first-order valence-corrected chi connectivity index (χ1v) is 10.4. The van der Waals surface area contributed by atoms with E-state index in [-0.39, 0.29) is 18.6 Å². The molecule has 1 fully saturated rings. The molecule has 0 aliphatic carbocycles. The fourth-order valence-corrected chi connectivity index (χ4v) is 3.55. The van der Waals surface area contributed by atoms with E-state index in [0.29, 0.717) is 42.5 Å². The van der Waals surface area contributed by atoms with E-state index in [4.69, 9.17) is 19.6 Å². The molecule has 1 aliphatic heterocycles. The van der Waals surface area contributed by atoms with Gasteiger partial charge in [0.1, 0.15) is 19.3 Å². The van der Waals surface area contributed by atoms with Crippen molar-refractivity contribution < 1.29 is 19.4 Å². The Hall–Kier alpha value is -3.10. The average Bonchev–Trinajstić information content (AvgIpc) is 2.82. The predicted octanol–water partition coefficient (Wildman–Crippen LogP) is 2.41. The summed E-state index contributed by atoms with van der Waals surface area (Å²) >= 11 is 0. The van der Waals surface area contributed by atoms with Crippen molar-refractivity contribution in [2.75, 3.05) is 32.9 Å². The molecule has 1 saturated heterocycles. The maximum Gasteiger partial charge on any atom is 0.248 e. The number of aliphatic hydroxyl groups is 1. The Kier molecular flexibility index (Phi) is 6.39. The molecular formula is C23H26N4O4. The highest BCUT2D eigenvalue weighted by molar-refractivity contribution is 5.83. The summed E-state index contributed by atoms with van der Waals surface area (Å²) in [5, 5.41) is 9.10. The molecule has 0 unspecified atom stereocenters. The average molecular weight is 422 g/mol. The number of hydrogen-bond acceptors (Lipinski definition) is 7. The molecule has 0 spiro atoms. The smallest absolute Gasteiger partial charge is 0.248 e. The van der Waals surface area contributed by atoms with Crippen molar-refractivity contribution in [2.24, 2.45) is 0 Å². The molecule has 1 N–H and O–H groups in total. The lowest BCUT2D eigenvalue weighted by atomic mass is 10.0. The topological polar surface area (TPSA) is 97.7 Å². The maximum absolute atomic E-state index is 11.8. The second kappa shape index (κ2) is 9.36. The Bertz CT molecular complexity index is 1060. The Morgan fingerprint density at radius 2 is 2.03 bits per heavy atom. The summed E-state index contributed by atoms with van der Waals surface area (Å²) in [5.41, 5.74) is 4.24. The summed E-state index contributed by atoms with van der Waals surface area (Å²) in [7, 11) is 0. The number of ether oxygens (including phenoxy) is 2. The molecule has 1 aromatic carbocycles. The molecule has 0 saturated carbocycles. The minimum atomic E-state index is -0.507. The zero-order valence-electron chi connectivity index (χ0n) is 17.7. The number of nitrogens with zero attached hydrogens (tertiary/aromatic N) is 4. The van der Waals surface area contributed by atoms with Crippen LogP contribution in [0.25, 0.3) is 22.3 Å². The number of fused-ring (bicyclic) bond motifs is 1. The van der Waals surface area contributed by atoms with Crippen LogP contribution in [0.5, 0.6) is 5.88 Å². The zero-order chi connectivity index (χ0) is 21.8. The summed E-state index contributed by atoms with van der Waals surface area (Å²) < 4.78 is 11.7. The first-order chi connectivity index (χ1) is 15.0. The molecule has 8 nitrogen and oxygen atoms in total. The summed E-state index contributed by atoms with van der Waals surface area (Å²) in [6.07, 6.45) is 2.93. The van der Waals surface area contributed by atoms with Crippen molar-refractivity contribution in [1.82, 2.24) is 19.9 Å². The van der Waals surface area contributed by atoms with Gasteiger partial charge in [0.05, 0.1) is 24.4 Å². The lowest BCUT2D eigenvalue weighted by Crippen LogP contribution is -2.48. The van der Waals surface area contributed by atoms with E-state index in [0.717, 1.165) is 11.3 Å². The number of rotatable bonds is 6. The minimum absolute atomic E-state index is 0.212. The van der Waals surface area contributed by atoms with Crippen LogP contribution < -0.4 is 4.74 Å². The van der Waals surface area contributed by atoms with Crippen LogP contribution in [0, 0.1) is 0 Å². The Morgan fingerprint density at radius 1 is 1.26 bits per heavy atom. The van der Waals surface area contributed by atoms with Gasteiger partial charge in [0.15, 0.2) is 5.52 Å². The van der Waals surface area contributed by atoms with Crippen molar-refractivity contribution in [2.45, 2.75) is 25.9 Å². The van der Waals surface area contributed by atoms with Gasteiger partial charge in [0, 0.05) is 24.5 Å². The SMILES string of the molecule is CC(C)c1ccc(-c2cc3nccnc3c(OC[C@@H]3CN(C(=O)CO)CCO3)n2)cc1. The van der Waals surface area contributed by atoms with Crippen molar-refractivity contribution in [3.8, 4) is 17.1 Å². The van der Waals surface area contributed by atoms with Gasteiger partial charge in [0.25, 0.3) is 0 Å². The zero-order valence-corrected chi connectivity index (χ0v) is 17.7. The van der Waals surface area contributed by atoms with Crippen LogP contribution >= 0.6 is 0 Å². The van der Waals surface area contributed by atoms with E-state index in [9.17, 15) is 4.79 Å². The summed E-state index contributed by atoms with van der Waals surface area (Å²) in [5.74, 6) is 0.522. The second-order valence-electron chi connectivity index (χ2n) is 7.82. The lowest BCUT2D eigenvalue weighted by molar-refractivity contribution is -0.142. The Balaban J connectivity index is 1.57. The number of benzene rings is 1. The van der Waals surface area contributed by atoms with Gasteiger partial charge in [0.2, 0.25) is 11.8 Å². The summed E-state index contributed by atoms with van der Waals surface area (Å²) in [6, 6.07) is 10.2.